The molecule has 0 amide bonds. The third kappa shape index (κ3) is 2.00. The van der Waals surface area contributed by atoms with Crippen molar-refractivity contribution < 1.29 is 17.6 Å². The summed E-state index contributed by atoms with van der Waals surface area (Å²) in [7, 11) is 0. The summed E-state index contributed by atoms with van der Waals surface area (Å²) in [6.07, 6.45) is -4.75. The van der Waals surface area contributed by atoms with Gasteiger partial charge in [-0.3, -0.25) is 4.79 Å². The summed E-state index contributed by atoms with van der Waals surface area (Å²) < 4.78 is 50.7. The lowest BCUT2D eigenvalue weighted by Gasteiger charge is -2.08. The predicted molar refractivity (Wildman–Crippen MR) is 54.5 cm³/mol. The van der Waals surface area contributed by atoms with Crippen LogP contribution in [-0.2, 0) is 6.18 Å². The zero-order chi connectivity index (χ0) is 12.8. The second-order valence-corrected chi connectivity index (χ2v) is 3.74. The molecule has 2 nitrogen and oxygen atoms in total. The molecule has 0 saturated carbocycles. The predicted octanol–water partition coefficient (Wildman–Crippen LogP) is 3.34. The number of halogens is 5. The van der Waals surface area contributed by atoms with Crippen LogP contribution in [0.3, 0.4) is 0 Å². The first kappa shape index (κ1) is 11.9. The minimum absolute atomic E-state index is 0.181. The van der Waals surface area contributed by atoms with Gasteiger partial charge in [0, 0.05) is 11.5 Å². The number of fused-ring (bicyclic) bond motifs is 1. The van der Waals surface area contributed by atoms with E-state index in [4.69, 9.17) is 11.6 Å². The third-order valence-corrected chi connectivity index (χ3v) is 2.49. The van der Waals surface area contributed by atoms with Gasteiger partial charge in [-0.1, -0.05) is 11.6 Å². The number of hydrogen-bond acceptors (Lipinski definition) is 1. The van der Waals surface area contributed by atoms with Gasteiger partial charge in [0.25, 0.3) is 0 Å². The fraction of sp³-hybridized carbons (Fsp3) is 0.100. The van der Waals surface area contributed by atoms with Gasteiger partial charge in [-0.05, 0) is 12.1 Å². The maximum Gasteiger partial charge on any atom is 0.431 e. The van der Waals surface area contributed by atoms with E-state index in [1.54, 1.807) is 0 Å². The number of alkyl halides is 3. The second-order valence-electron chi connectivity index (χ2n) is 3.33. The molecule has 2 rings (SSSR count). The molecule has 1 N–H and O–H groups in total. The summed E-state index contributed by atoms with van der Waals surface area (Å²) >= 11 is 5.43. The lowest BCUT2D eigenvalue weighted by atomic mass is 10.2. The SMILES string of the molecule is O=c1cc(C(F)(F)F)[nH]c2c(F)c(Cl)ccc12. The first-order valence-electron chi connectivity index (χ1n) is 4.39. The van der Waals surface area contributed by atoms with Crippen molar-refractivity contribution in [3.63, 3.8) is 0 Å². The van der Waals surface area contributed by atoms with Crippen LogP contribution in [0.5, 0.6) is 0 Å². The summed E-state index contributed by atoms with van der Waals surface area (Å²) in [6, 6.07) is 2.66. The number of pyridine rings is 1. The quantitative estimate of drug-likeness (QED) is 0.728. The van der Waals surface area contributed by atoms with Crippen LogP contribution in [0.1, 0.15) is 5.69 Å². The maximum absolute atomic E-state index is 13.5. The van der Waals surface area contributed by atoms with Crippen LogP contribution in [0.15, 0.2) is 23.0 Å². The normalized spacial score (nSPS) is 12.1. The van der Waals surface area contributed by atoms with Crippen molar-refractivity contribution in [3.05, 3.63) is 45.0 Å². The Labute approximate surface area is 96.8 Å². The van der Waals surface area contributed by atoms with E-state index < -0.39 is 28.6 Å². The smallest absolute Gasteiger partial charge is 0.348 e. The number of benzene rings is 1. The molecule has 90 valence electrons. The highest BCUT2D eigenvalue weighted by molar-refractivity contribution is 6.31. The van der Waals surface area contributed by atoms with Gasteiger partial charge in [0.15, 0.2) is 11.2 Å². The maximum atomic E-state index is 13.5. The molecule has 0 saturated heterocycles. The van der Waals surface area contributed by atoms with E-state index in [1.165, 1.54) is 6.07 Å². The molecule has 17 heavy (non-hydrogen) atoms. The molecular formula is C10H4ClF4NO. The van der Waals surface area contributed by atoms with Crippen LogP contribution in [0.4, 0.5) is 17.6 Å². The molecule has 1 aromatic carbocycles. The van der Waals surface area contributed by atoms with Gasteiger partial charge in [0.05, 0.1) is 10.5 Å². The summed E-state index contributed by atoms with van der Waals surface area (Å²) in [4.78, 5) is 13.2. The molecule has 2 aromatic rings. The molecular weight excluding hydrogens is 262 g/mol. The summed E-state index contributed by atoms with van der Waals surface area (Å²) in [5.41, 5.74) is -2.77. The largest absolute Gasteiger partial charge is 0.431 e. The molecule has 0 bridgehead atoms. The molecule has 7 heteroatoms. The van der Waals surface area contributed by atoms with Gasteiger partial charge in [0.1, 0.15) is 5.69 Å². The molecule has 1 heterocycles. The van der Waals surface area contributed by atoms with Crippen molar-refractivity contribution in [2.24, 2.45) is 0 Å². The van der Waals surface area contributed by atoms with Crippen molar-refractivity contribution >= 4 is 22.5 Å². The molecule has 0 spiro atoms. The van der Waals surface area contributed by atoms with Crippen LogP contribution >= 0.6 is 11.6 Å². The van der Waals surface area contributed by atoms with E-state index in [2.05, 4.69) is 0 Å². The summed E-state index contributed by atoms with van der Waals surface area (Å²) in [5.74, 6) is -1.08. The average molecular weight is 266 g/mol. The zero-order valence-electron chi connectivity index (χ0n) is 8.03. The molecule has 0 aliphatic rings. The molecule has 0 aliphatic heterocycles. The Bertz CT molecular complexity index is 647. The Morgan fingerprint density at radius 2 is 1.88 bits per heavy atom. The van der Waals surface area contributed by atoms with Gasteiger partial charge < -0.3 is 4.98 Å². The number of hydrogen-bond donors (Lipinski definition) is 1. The second kappa shape index (κ2) is 3.73. The standard InChI is InChI=1S/C10H4ClF4NO/c11-5-2-1-4-6(17)3-7(10(13,14)15)16-9(4)8(5)12/h1-3H,(H,16,17). The lowest BCUT2D eigenvalue weighted by Crippen LogP contribution is -2.14. The van der Waals surface area contributed by atoms with Gasteiger partial charge in [0.2, 0.25) is 0 Å². The Kier molecular flexibility index (Phi) is 2.61. The topological polar surface area (TPSA) is 32.9 Å². The first-order chi connectivity index (χ1) is 7.80. The molecule has 0 unspecified atom stereocenters. The van der Waals surface area contributed by atoms with Gasteiger partial charge in [-0.25, -0.2) is 4.39 Å². The van der Waals surface area contributed by atoms with Crippen LogP contribution in [0, 0.1) is 5.82 Å². The summed E-state index contributed by atoms with van der Waals surface area (Å²) in [6.45, 7) is 0. The summed E-state index contributed by atoms with van der Waals surface area (Å²) in [5, 5.41) is -0.535. The van der Waals surface area contributed by atoms with E-state index in [0.717, 1.165) is 6.07 Å². The number of nitrogens with one attached hydrogen (secondary N) is 1. The zero-order valence-corrected chi connectivity index (χ0v) is 8.79. The van der Waals surface area contributed by atoms with E-state index >= 15 is 0 Å². The van der Waals surface area contributed by atoms with Crippen molar-refractivity contribution in [3.8, 4) is 0 Å². The minimum atomic E-state index is -4.75. The Hall–Kier alpha value is -1.56. The molecule has 1 aromatic heterocycles. The van der Waals surface area contributed by atoms with Crippen molar-refractivity contribution in [1.29, 1.82) is 0 Å². The highest BCUT2D eigenvalue weighted by atomic mass is 35.5. The Balaban J connectivity index is 2.89. The van der Waals surface area contributed by atoms with Crippen LogP contribution in [0.25, 0.3) is 10.9 Å². The number of aromatic nitrogens is 1. The fourth-order valence-corrected chi connectivity index (χ4v) is 1.57. The van der Waals surface area contributed by atoms with E-state index in [1.807, 2.05) is 4.98 Å². The Morgan fingerprint density at radius 1 is 1.24 bits per heavy atom. The van der Waals surface area contributed by atoms with Gasteiger partial charge in [-0.2, -0.15) is 13.2 Å². The van der Waals surface area contributed by atoms with Crippen LogP contribution < -0.4 is 5.43 Å². The van der Waals surface area contributed by atoms with Crippen molar-refractivity contribution in [1.82, 2.24) is 4.98 Å². The number of H-pyrrole nitrogens is 1. The monoisotopic (exact) mass is 265 g/mol. The minimum Gasteiger partial charge on any atom is -0.348 e. The van der Waals surface area contributed by atoms with E-state index in [9.17, 15) is 22.4 Å². The van der Waals surface area contributed by atoms with Crippen molar-refractivity contribution in [2.75, 3.05) is 0 Å². The number of aromatic amines is 1. The fourth-order valence-electron chi connectivity index (χ4n) is 1.41. The lowest BCUT2D eigenvalue weighted by molar-refractivity contribution is -0.141. The van der Waals surface area contributed by atoms with Gasteiger partial charge in [-0.15, -0.1) is 0 Å². The van der Waals surface area contributed by atoms with Crippen LogP contribution in [0.2, 0.25) is 5.02 Å². The highest BCUT2D eigenvalue weighted by Crippen LogP contribution is 2.29. The van der Waals surface area contributed by atoms with Crippen molar-refractivity contribution in [2.45, 2.75) is 6.18 Å². The molecule has 0 atom stereocenters. The highest BCUT2D eigenvalue weighted by Gasteiger charge is 2.32. The molecule has 0 radical (unpaired) electrons. The Morgan fingerprint density at radius 3 is 2.47 bits per heavy atom. The third-order valence-electron chi connectivity index (χ3n) is 2.20. The first-order valence-corrected chi connectivity index (χ1v) is 4.77. The number of rotatable bonds is 0. The van der Waals surface area contributed by atoms with E-state index in [0.29, 0.717) is 6.07 Å². The molecule has 0 fully saturated rings. The van der Waals surface area contributed by atoms with Gasteiger partial charge >= 0.3 is 6.18 Å². The average Bonchev–Trinajstić information content (AvgIpc) is 2.22. The van der Waals surface area contributed by atoms with E-state index in [-0.39, 0.29) is 10.4 Å². The molecule has 0 aliphatic carbocycles. The van der Waals surface area contributed by atoms with Crippen LogP contribution in [-0.4, -0.2) is 4.98 Å².